The molecule has 4 nitrogen and oxygen atoms in total. The van der Waals surface area contributed by atoms with Crippen LogP contribution in [0.1, 0.15) is 31.7 Å². The topological polar surface area (TPSA) is 42.2 Å². The van der Waals surface area contributed by atoms with Gasteiger partial charge in [0.15, 0.2) is 0 Å². The smallest absolute Gasteiger partial charge is 0.257 e. The van der Waals surface area contributed by atoms with Crippen molar-refractivity contribution in [3.8, 4) is 10.8 Å². The lowest BCUT2D eigenvalue weighted by Gasteiger charge is -2.19. The van der Waals surface area contributed by atoms with Crippen LogP contribution in [0.3, 0.4) is 0 Å². The molecule has 90 valence electrons. The van der Waals surface area contributed by atoms with E-state index < -0.39 is 0 Å². The average Bonchev–Trinajstić information content (AvgIpc) is 3.09. The number of thiophene rings is 1. The molecule has 1 aliphatic rings. The summed E-state index contributed by atoms with van der Waals surface area (Å²) >= 11 is 1.62. The first kappa shape index (κ1) is 10.9. The molecule has 5 heteroatoms. The normalized spacial score (nSPS) is 18.6. The standard InChI is InChI=1S/C12H15N3OS/c1-9(15-6-2-3-7-15)11-13-14-12(16-11)10-5-4-8-17-10/h4-5,8-9H,2-3,6-7H2,1H3/t9-/m1/s1. The van der Waals surface area contributed by atoms with Gasteiger partial charge in [-0.25, -0.2) is 0 Å². The minimum atomic E-state index is 0.235. The third-order valence-corrected chi connectivity index (χ3v) is 4.08. The van der Waals surface area contributed by atoms with E-state index in [0.29, 0.717) is 5.89 Å². The molecule has 1 fully saturated rings. The van der Waals surface area contributed by atoms with Crippen molar-refractivity contribution >= 4 is 11.3 Å². The van der Waals surface area contributed by atoms with Crippen molar-refractivity contribution in [1.29, 1.82) is 0 Å². The molecule has 0 aromatic carbocycles. The van der Waals surface area contributed by atoms with Crippen LogP contribution in [-0.4, -0.2) is 28.2 Å². The third-order valence-electron chi connectivity index (χ3n) is 3.22. The Hall–Kier alpha value is -1.20. The quantitative estimate of drug-likeness (QED) is 0.838. The highest BCUT2D eigenvalue weighted by atomic mass is 32.1. The highest BCUT2D eigenvalue weighted by molar-refractivity contribution is 7.13. The molecular weight excluding hydrogens is 234 g/mol. The summed E-state index contributed by atoms with van der Waals surface area (Å²) in [6.07, 6.45) is 2.55. The number of nitrogens with zero attached hydrogens (tertiary/aromatic N) is 3. The van der Waals surface area contributed by atoms with Gasteiger partial charge in [0, 0.05) is 0 Å². The van der Waals surface area contributed by atoms with Gasteiger partial charge in [-0.1, -0.05) is 6.07 Å². The predicted octanol–water partition coefficient (Wildman–Crippen LogP) is 2.95. The van der Waals surface area contributed by atoms with Crippen LogP contribution in [0.4, 0.5) is 0 Å². The van der Waals surface area contributed by atoms with Gasteiger partial charge in [0.05, 0.1) is 10.9 Å². The molecule has 3 rings (SSSR count). The first-order valence-electron chi connectivity index (χ1n) is 5.96. The SMILES string of the molecule is C[C@H](c1nnc(-c2cccs2)o1)N1CCCC1. The fourth-order valence-corrected chi connectivity index (χ4v) is 2.83. The van der Waals surface area contributed by atoms with Crippen LogP contribution in [0, 0.1) is 0 Å². The zero-order valence-corrected chi connectivity index (χ0v) is 10.6. The van der Waals surface area contributed by atoms with Crippen LogP contribution in [0.15, 0.2) is 21.9 Å². The summed E-state index contributed by atoms with van der Waals surface area (Å²) in [5, 5.41) is 10.3. The molecule has 0 radical (unpaired) electrons. The van der Waals surface area contributed by atoms with Crippen molar-refractivity contribution in [2.45, 2.75) is 25.8 Å². The van der Waals surface area contributed by atoms with E-state index >= 15 is 0 Å². The van der Waals surface area contributed by atoms with Crippen molar-refractivity contribution in [2.75, 3.05) is 13.1 Å². The molecular formula is C12H15N3OS. The van der Waals surface area contributed by atoms with E-state index in [2.05, 4.69) is 22.0 Å². The summed E-state index contributed by atoms with van der Waals surface area (Å²) in [5.74, 6) is 1.37. The maximum atomic E-state index is 5.75. The molecule has 2 aromatic heterocycles. The predicted molar refractivity (Wildman–Crippen MR) is 66.8 cm³/mol. The number of rotatable bonds is 3. The second-order valence-electron chi connectivity index (χ2n) is 4.34. The van der Waals surface area contributed by atoms with Gasteiger partial charge in [-0.15, -0.1) is 21.5 Å². The zero-order chi connectivity index (χ0) is 11.7. The van der Waals surface area contributed by atoms with Gasteiger partial charge in [0.2, 0.25) is 5.89 Å². The zero-order valence-electron chi connectivity index (χ0n) is 9.80. The van der Waals surface area contributed by atoms with Gasteiger partial charge in [-0.05, 0) is 44.3 Å². The van der Waals surface area contributed by atoms with Crippen molar-refractivity contribution in [1.82, 2.24) is 15.1 Å². The molecule has 0 spiro atoms. The number of hydrogen-bond donors (Lipinski definition) is 0. The molecule has 0 unspecified atom stereocenters. The Labute approximate surface area is 104 Å². The van der Waals surface area contributed by atoms with Crippen LogP contribution < -0.4 is 0 Å². The van der Waals surface area contributed by atoms with Gasteiger partial charge < -0.3 is 4.42 Å². The monoisotopic (exact) mass is 249 g/mol. The fraction of sp³-hybridized carbons (Fsp3) is 0.500. The van der Waals surface area contributed by atoms with E-state index in [1.807, 2.05) is 17.5 Å². The first-order chi connectivity index (χ1) is 8.34. The van der Waals surface area contributed by atoms with E-state index in [0.717, 1.165) is 23.9 Å². The first-order valence-corrected chi connectivity index (χ1v) is 6.84. The summed E-state index contributed by atoms with van der Waals surface area (Å²) in [6, 6.07) is 4.23. The molecule has 0 aliphatic carbocycles. The fourth-order valence-electron chi connectivity index (χ4n) is 2.19. The Morgan fingerprint density at radius 1 is 1.35 bits per heavy atom. The van der Waals surface area contributed by atoms with Crippen molar-refractivity contribution in [2.24, 2.45) is 0 Å². The minimum Gasteiger partial charge on any atom is -0.418 e. The van der Waals surface area contributed by atoms with Crippen molar-refractivity contribution in [3.05, 3.63) is 23.4 Å². The van der Waals surface area contributed by atoms with E-state index in [9.17, 15) is 0 Å². The molecule has 3 heterocycles. The summed E-state index contributed by atoms with van der Waals surface area (Å²) in [4.78, 5) is 3.43. The molecule has 1 atom stereocenters. The Morgan fingerprint density at radius 2 is 2.18 bits per heavy atom. The van der Waals surface area contributed by atoms with Gasteiger partial charge >= 0.3 is 0 Å². The van der Waals surface area contributed by atoms with Crippen LogP contribution in [0.25, 0.3) is 10.8 Å². The number of likely N-dealkylation sites (tertiary alicyclic amines) is 1. The van der Waals surface area contributed by atoms with Gasteiger partial charge in [-0.2, -0.15) is 0 Å². The maximum absolute atomic E-state index is 5.75. The van der Waals surface area contributed by atoms with Gasteiger partial charge in [-0.3, -0.25) is 4.90 Å². The molecule has 0 bridgehead atoms. The number of hydrogen-bond acceptors (Lipinski definition) is 5. The van der Waals surface area contributed by atoms with Crippen LogP contribution in [0.5, 0.6) is 0 Å². The van der Waals surface area contributed by atoms with E-state index in [1.165, 1.54) is 12.8 Å². The summed E-state index contributed by atoms with van der Waals surface area (Å²) in [5.41, 5.74) is 0. The van der Waals surface area contributed by atoms with Crippen molar-refractivity contribution in [3.63, 3.8) is 0 Å². The van der Waals surface area contributed by atoms with Gasteiger partial charge in [0.1, 0.15) is 0 Å². The highest BCUT2D eigenvalue weighted by Crippen LogP contribution is 2.28. The molecule has 0 N–H and O–H groups in total. The molecule has 17 heavy (non-hydrogen) atoms. The summed E-state index contributed by atoms with van der Waals surface area (Å²) in [7, 11) is 0. The summed E-state index contributed by atoms with van der Waals surface area (Å²) in [6.45, 7) is 4.41. The molecule has 1 saturated heterocycles. The Balaban J connectivity index is 1.80. The lowest BCUT2D eigenvalue weighted by molar-refractivity contribution is 0.226. The lowest BCUT2D eigenvalue weighted by Crippen LogP contribution is -2.23. The Kier molecular flexibility index (Phi) is 2.94. The molecule has 0 amide bonds. The van der Waals surface area contributed by atoms with Crippen LogP contribution in [-0.2, 0) is 0 Å². The molecule has 2 aromatic rings. The van der Waals surface area contributed by atoms with Crippen LogP contribution in [0.2, 0.25) is 0 Å². The van der Waals surface area contributed by atoms with E-state index in [4.69, 9.17) is 4.42 Å². The highest BCUT2D eigenvalue weighted by Gasteiger charge is 2.24. The van der Waals surface area contributed by atoms with Crippen LogP contribution >= 0.6 is 11.3 Å². The molecule has 0 saturated carbocycles. The Bertz CT molecular complexity index is 474. The lowest BCUT2D eigenvalue weighted by atomic mass is 10.3. The Morgan fingerprint density at radius 3 is 2.88 bits per heavy atom. The summed E-state index contributed by atoms with van der Waals surface area (Å²) < 4.78 is 5.75. The van der Waals surface area contributed by atoms with E-state index in [-0.39, 0.29) is 6.04 Å². The largest absolute Gasteiger partial charge is 0.418 e. The maximum Gasteiger partial charge on any atom is 0.257 e. The minimum absolute atomic E-state index is 0.235. The number of aromatic nitrogens is 2. The average molecular weight is 249 g/mol. The third kappa shape index (κ3) is 2.12. The second-order valence-corrected chi connectivity index (χ2v) is 5.29. The van der Waals surface area contributed by atoms with E-state index in [1.54, 1.807) is 11.3 Å². The molecule has 1 aliphatic heterocycles. The van der Waals surface area contributed by atoms with Gasteiger partial charge in [0.25, 0.3) is 5.89 Å². The second kappa shape index (κ2) is 4.58. The van der Waals surface area contributed by atoms with Crippen molar-refractivity contribution < 1.29 is 4.42 Å².